The zero-order valence-electron chi connectivity index (χ0n) is 20.4. The highest BCUT2D eigenvalue weighted by atomic mass is 19.1. The van der Waals surface area contributed by atoms with E-state index in [0.29, 0.717) is 5.92 Å². The van der Waals surface area contributed by atoms with Crippen LogP contribution in [0.3, 0.4) is 0 Å². The minimum Gasteiger partial charge on any atom is -0.460 e. The number of esters is 1. The predicted molar refractivity (Wildman–Crippen MR) is 135 cm³/mol. The molecule has 0 amide bonds. The van der Waals surface area contributed by atoms with E-state index in [1.807, 2.05) is 30.3 Å². The van der Waals surface area contributed by atoms with Crippen LogP contribution in [0.25, 0.3) is 28.1 Å². The second kappa shape index (κ2) is 10.3. The van der Waals surface area contributed by atoms with E-state index in [0.717, 1.165) is 46.1 Å². The topological polar surface area (TPSA) is 79.7 Å². The monoisotopic (exact) mass is 477 g/mol. The first-order valence-electron chi connectivity index (χ1n) is 12.1. The summed E-state index contributed by atoms with van der Waals surface area (Å²) in [5.74, 6) is -0.469. The molecular weight excluding hydrogens is 445 g/mol. The number of nitrogens with zero attached hydrogens (tertiary/aromatic N) is 1. The Kier molecular flexibility index (Phi) is 7.33. The van der Waals surface area contributed by atoms with Gasteiger partial charge in [0.25, 0.3) is 0 Å². The summed E-state index contributed by atoms with van der Waals surface area (Å²) in [7, 11) is 0. The average Bonchev–Trinajstić information content (AvgIpc) is 3.61. The van der Waals surface area contributed by atoms with E-state index in [2.05, 4.69) is 0 Å². The summed E-state index contributed by atoms with van der Waals surface area (Å²) in [4.78, 5) is 16.9. The van der Waals surface area contributed by atoms with E-state index >= 15 is 0 Å². The lowest BCUT2D eigenvalue weighted by Gasteiger charge is -2.21. The van der Waals surface area contributed by atoms with Crippen LogP contribution in [0.5, 0.6) is 0 Å². The molecule has 1 aliphatic rings. The zero-order chi connectivity index (χ0) is 25.2. The van der Waals surface area contributed by atoms with Crippen LogP contribution in [0.2, 0.25) is 0 Å². The van der Waals surface area contributed by atoms with Gasteiger partial charge in [0, 0.05) is 28.9 Å². The maximum absolute atomic E-state index is 13.7. The van der Waals surface area contributed by atoms with Gasteiger partial charge in [-0.15, -0.1) is 0 Å². The quantitative estimate of drug-likeness (QED) is 0.402. The fourth-order valence-electron chi connectivity index (χ4n) is 4.23. The van der Waals surface area contributed by atoms with Gasteiger partial charge in [-0.25, -0.2) is 4.39 Å². The molecule has 184 valence electrons. The first kappa shape index (κ1) is 25.0. The number of hydrogen-bond acceptors (Lipinski definition) is 5. The van der Waals surface area contributed by atoms with Crippen molar-refractivity contribution < 1.29 is 24.1 Å². The molecule has 35 heavy (non-hydrogen) atoms. The molecule has 0 aliphatic heterocycles. The van der Waals surface area contributed by atoms with Gasteiger partial charge in [0.15, 0.2) is 0 Å². The van der Waals surface area contributed by atoms with Crippen LogP contribution in [0.15, 0.2) is 54.6 Å². The Balaban J connectivity index is 1.64. The van der Waals surface area contributed by atoms with E-state index in [1.54, 1.807) is 39.0 Å². The summed E-state index contributed by atoms with van der Waals surface area (Å²) >= 11 is 0. The van der Waals surface area contributed by atoms with E-state index in [9.17, 15) is 19.4 Å². The SMILES string of the molecule is CC(C)(C)OC(=O)C[C@H](O)C[C@@H](O)C=Cc1c(C2CC2)nc2ccccc2c1-c1ccc(F)cc1. The number of aliphatic hydroxyl groups is 2. The van der Waals surface area contributed by atoms with Crippen molar-refractivity contribution in [2.24, 2.45) is 0 Å². The molecule has 1 heterocycles. The van der Waals surface area contributed by atoms with Crippen molar-refractivity contribution in [2.75, 3.05) is 0 Å². The molecular formula is C29H32FNO4. The normalized spacial score (nSPS) is 15.9. The molecule has 2 N–H and O–H groups in total. The van der Waals surface area contributed by atoms with Gasteiger partial charge in [0.1, 0.15) is 11.4 Å². The highest BCUT2D eigenvalue weighted by molar-refractivity contribution is 5.99. The number of aliphatic hydroxyl groups excluding tert-OH is 2. The maximum Gasteiger partial charge on any atom is 0.308 e. The fourth-order valence-corrected chi connectivity index (χ4v) is 4.23. The smallest absolute Gasteiger partial charge is 0.308 e. The third-order valence-corrected chi connectivity index (χ3v) is 5.88. The lowest BCUT2D eigenvalue weighted by Crippen LogP contribution is -2.27. The van der Waals surface area contributed by atoms with Gasteiger partial charge >= 0.3 is 5.97 Å². The Hall–Kier alpha value is -3.09. The number of hydrogen-bond donors (Lipinski definition) is 2. The Morgan fingerprint density at radius 2 is 1.83 bits per heavy atom. The molecule has 4 rings (SSSR count). The first-order chi connectivity index (χ1) is 16.6. The summed E-state index contributed by atoms with van der Waals surface area (Å²) in [5.41, 5.74) is 3.90. The third-order valence-electron chi connectivity index (χ3n) is 5.88. The van der Waals surface area contributed by atoms with E-state index < -0.39 is 23.8 Å². The van der Waals surface area contributed by atoms with Gasteiger partial charge in [-0.1, -0.05) is 42.5 Å². The molecule has 2 aromatic carbocycles. The largest absolute Gasteiger partial charge is 0.460 e. The number of carbonyl (C=O) groups excluding carboxylic acids is 1. The van der Waals surface area contributed by atoms with E-state index in [-0.39, 0.29) is 18.7 Å². The summed E-state index contributed by atoms with van der Waals surface area (Å²) in [6.45, 7) is 5.30. The Bertz CT molecular complexity index is 1230. The number of halogens is 1. The molecule has 3 aromatic rings. The van der Waals surface area contributed by atoms with Crippen LogP contribution < -0.4 is 0 Å². The van der Waals surface area contributed by atoms with Gasteiger partial charge in [-0.2, -0.15) is 0 Å². The number of benzene rings is 2. The summed E-state index contributed by atoms with van der Waals surface area (Å²) < 4.78 is 18.9. The lowest BCUT2D eigenvalue weighted by molar-refractivity contribution is -0.157. The molecule has 1 aliphatic carbocycles. The minimum atomic E-state index is -1.03. The molecule has 0 spiro atoms. The molecule has 1 aromatic heterocycles. The van der Waals surface area contributed by atoms with Crippen LogP contribution in [-0.4, -0.2) is 39.0 Å². The summed E-state index contributed by atoms with van der Waals surface area (Å²) in [5, 5.41) is 21.9. The van der Waals surface area contributed by atoms with Gasteiger partial charge in [0.05, 0.1) is 29.8 Å². The molecule has 2 atom stereocenters. The average molecular weight is 478 g/mol. The van der Waals surface area contributed by atoms with Gasteiger partial charge in [-0.05, 0) is 57.4 Å². The van der Waals surface area contributed by atoms with Crippen molar-refractivity contribution in [1.82, 2.24) is 4.98 Å². The predicted octanol–water partition coefficient (Wildman–Crippen LogP) is 5.78. The highest BCUT2D eigenvalue weighted by Gasteiger charge is 2.29. The molecule has 0 saturated heterocycles. The molecule has 6 heteroatoms. The molecule has 5 nitrogen and oxygen atoms in total. The van der Waals surface area contributed by atoms with Crippen LogP contribution in [-0.2, 0) is 9.53 Å². The van der Waals surface area contributed by atoms with Crippen molar-refractivity contribution in [3.8, 4) is 11.1 Å². The number of ether oxygens (including phenoxy) is 1. The van der Waals surface area contributed by atoms with Gasteiger partial charge in [-0.3, -0.25) is 9.78 Å². The molecule has 1 saturated carbocycles. The summed E-state index contributed by atoms with van der Waals surface area (Å²) in [6.07, 6.45) is 3.39. The number of rotatable bonds is 8. The number of carbonyl (C=O) groups is 1. The third kappa shape index (κ3) is 6.53. The second-order valence-corrected chi connectivity index (χ2v) is 10.2. The number of para-hydroxylation sites is 1. The van der Waals surface area contributed by atoms with Gasteiger partial charge < -0.3 is 14.9 Å². The molecule has 0 bridgehead atoms. The Morgan fingerprint density at radius 1 is 1.14 bits per heavy atom. The zero-order valence-corrected chi connectivity index (χ0v) is 20.4. The standard InChI is InChI=1S/C29H32FNO4/c1-29(2,3)35-26(34)17-22(33)16-21(32)14-15-24-27(18-10-12-20(30)13-11-18)23-6-4-5-7-25(23)31-28(24)19-8-9-19/h4-7,10-15,19,21-22,32-33H,8-9,16-17H2,1-3H3/t21-,22+/m0/s1. The molecule has 1 fully saturated rings. The van der Waals surface area contributed by atoms with Crippen molar-refractivity contribution >= 4 is 22.9 Å². The highest BCUT2D eigenvalue weighted by Crippen LogP contribution is 2.45. The fraction of sp³-hybridized carbons (Fsp3) is 0.379. The summed E-state index contributed by atoms with van der Waals surface area (Å²) in [6, 6.07) is 14.3. The van der Waals surface area contributed by atoms with Crippen molar-refractivity contribution in [1.29, 1.82) is 0 Å². The van der Waals surface area contributed by atoms with Crippen molar-refractivity contribution in [2.45, 2.75) is 70.2 Å². The Labute approximate surface area is 205 Å². The second-order valence-electron chi connectivity index (χ2n) is 10.2. The number of pyridine rings is 1. The van der Waals surface area contributed by atoms with Crippen molar-refractivity contribution in [3.05, 3.63) is 71.7 Å². The van der Waals surface area contributed by atoms with Crippen LogP contribution in [0.4, 0.5) is 4.39 Å². The van der Waals surface area contributed by atoms with Crippen LogP contribution in [0, 0.1) is 5.82 Å². The van der Waals surface area contributed by atoms with Crippen LogP contribution >= 0.6 is 0 Å². The number of fused-ring (bicyclic) bond motifs is 1. The Morgan fingerprint density at radius 3 is 2.49 bits per heavy atom. The molecule has 0 unspecified atom stereocenters. The van der Waals surface area contributed by atoms with E-state index in [1.165, 1.54) is 12.1 Å². The molecule has 0 radical (unpaired) electrons. The van der Waals surface area contributed by atoms with Gasteiger partial charge in [0.2, 0.25) is 0 Å². The van der Waals surface area contributed by atoms with E-state index in [4.69, 9.17) is 9.72 Å². The minimum absolute atomic E-state index is 0.00139. The first-order valence-corrected chi connectivity index (χ1v) is 12.1. The van der Waals surface area contributed by atoms with Crippen LogP contribution in [0.1, 0.15) is 63.6 Å². The maximum atomic E-state index is 13.7. The lowest BCUT2D eigenvalue weighted by atomic mass is 9.92. The number of aromatic nitrogens is 1. The van der Waals surface area contributed by atoms with Crippen molar-refractivity contribution in [3.63, 3.8) is 0 Å².